The first kappa shape index (κ1) is 45.3. The zero-order valence-electron chi connectivity index (χ0n) is 31.6. The molecule has 2 rings (SSSR count). The Hall–Kier alpha value is -0.890. The zero-order valence-corrected chi connectivity index (χ0v) is 31.6. The summed E-state index contributed by atoms with van der Waals surface area (Å²) in [6, 6.07) is -0.718. The van der Waals surface area contributed by atoms with Gasteiger partial charge < -0.3 is 45.1 Å². The van der Waals surface area contributed by atoms with E-state index in [0.29, 0.717) is 12.8 Å². The summed E-state index contributed by atoms with van der Waals surface area (Å²) in [6.45, 7) is 6.54. The van der Waals surface area contributed by atoms with Gasteiger partial charge in [-0.1, -0.05) is 129 Å². The third-order valence-electron chi connectivity index (χ3n) is 10.4. The molecule has 2 aliphatic heterocycles. The number of nitrogens with one attached hydrogen (secondary N) is 1. The number of carbonyl (C=O) groups excluding carboxylic acids is 1. The quantitative estimate of drug-likeness (QED) is 0.0541. The molecular weight excluding hydrogens is 640 g/mol. The first-order valence-electron chi connectivity index (χ1n) is 20.6. The molecule has 11 heteroatoms. The van der Waals surface area contributed by atoms with Gasteiger partial charge >= 0.3 is 0 Å². The molecule has 1 amide bonds. The number of aliphatic hydroxyl groups is 5. The summed E-state index contributed by atoms with van der Waals surface area (Å²) < 4.78 is 16.6. The number of rotatable bonds is 31. The Morgan fingerprint density at radius 2 is 1.26 bits per heavy atom. The summed E-state index contributed by atoms with van der Waals surface area (Å²) >= 11 is 0. The van der Waals surface area contributed by atoms with Gasteiger partial charge in [-0.25, -0.2) is 0 Å². The van der Waals surface area contributed by atoms with Crippen LogP contribution < -0.4 is 5.32 Å². The summed E-state index contributed by atoms with van der Waals surface area (Å²) in [5.41, 5.74) is 0. The van der Waals surface area contributed by atoms with Crippen LogP contribution in [0.15, 0.2) is 0 Å². The minimum Gasteiger partial charge on any atom is -0.394 e. The van der Waals surface area contributed by atoms with Gasteiger partial charge in [-0.15, -0.1) is 0 Å². The highest BCUT2D eigenvalue weighted by Gasteiger charge is 2.44. The second-order valence-corrected chi connectivity index (χ2v) is 14.8. The van der Waals surface area contributed by atoms with Crippen LogP contribution in [0.2, 0.25) is 0 Å². The van der Waals surface area contributed by atoms with Crippen LogP contribution in [0.5, 0.6) is 0 Å². The van der Waals surface area contributed by atoms with Gasteiger partial charge in [0.1, 0.15) is 24.4 Å². The van der Waals surface area contributed by atoms with Crippen LogP contribution in [-0.4, -0.2) is 125 Å². The van der Waals surface area contributed by atoms with Crippen molar-refractivity contribution in [2.75, 3.05) is 46.1 Å². The van der Waals surface area contributed by atoms with Gasteiger partial charge in [0.15, 0.2) is 6.29 Å². The molecule has 2 heterocycles. The van der Waals surface area contributed by atoms with E-state index < -0.39 is 49.5 Å². The average Bonchev–Trinajstić information content (AvgIpc) is 3.12. The van der Waals surface area contributed by atoms with Crippen molar-refractivity contribution in [3.05, 3.63) is 0 Å². The van der Waals surface area contributed by atoms with Crippen molar-refractivity contribution in [1.29, 1.82) is 0 Å². The van der Waals surface area contributed by atoms with Crippen LogP contribution >= 0.6 is 0 Å². The van der Waals surface area contributed by atoms with Crippen LogP contribution in [0.1, 0.15) is 155 Å². The molecule has 0 bridgehead atoms. The Balaban J connectivity index is 1.66. The minimum atomic E-state index is -1.55. The first-order chi connectivity index (χ1) is 24.4. The second kappa shape index (κ2) is 29.6. The van der Waals surface area contributed by atoms with E-state index >= 15 is 0 Å². The molecule has 2 saturated heterocycles. The average molecular weight is 717 g/mol. The number of carbonyl (C=O) groups is 1. The molecular formula is C39H76N2O9. The molecule has 2 fully saturated rings. The second-order valence-electron chi connectivity index (χ2n) is 14.8. The van der Waals surface area contributed by atoms with Crippen molar-refractivity contribution in [2.24, 2.45) is 0 Å². The van der Waals surface area contributed by atoms with Crippen molar-refractivity contribution in [2.45, 2.75) is 197 Å². The van der Waals surface area contributed by atoms with Gasteiger partial charge in [-0.3, -0.25) is 9.69 Å². The number of unbranched alkanes of at least 4 members (excludes halogenated alkanes) is 19. The number of ether oxygens (including phenoxy) is 3. The fraction of sp³-hybridized carbons (Fsp3) is 0.974. The van der Waals surface area contributed by atoms with E-state index in [9.17, 15) is 30.3 Å². The maximum Gasteiger partial charge on any atom is 0.220 e. The molecule has 0 aliphatic carbocycles. The van der Waals surface area contributed by atoms with Crippen LogP contribution in [0, 0.1) is 0 Å². The highest BCUT2D eigenvalue weighted by Crippen LogP contribution is 2.23. The van der Waals surface area contributed by atoms with Crippen molar-refractivity contribution in [3.8, 4) is 0 Å². The molecule has 11 nitrogen and oxygen atoms in total. The molecule has 50 heavy (non-hydrogen) atoms. The SMILES string of the molecule is CCCCCCCCCCCCCCC[C@@H](O)[C@H](COC1OC(CO)C(O)C(O)C1O)NC(=O)CCCCCCCCCCN1CCOCC1. The Kier molecular flexibility index (Phi) is 26.8. The lowest BCUT2D eigenvalue weighted by atomic mass is 9.99. The van der Waals surface area contributed by atoms with E-state index in [1.807, 2.05) is 0 Å². The van der Waals surface area contributed by atoms with E-state index in [2.05, 4.69) is 17.1 Å². The van der Waals surface area contributed by atoms with Gasteiger partial charge in [0.2, 0.25) is 5.91 Å². The minimum absolute atomic E-state index is 0.139. The topological polar surface area (TPSA) is 161 Å². The molecule has 0 aromatic rings. The number of aliphatic hydroxyl groups excluding tert-OH is 5. The molecule has 0 aromatic carbocycles. The lowest BCUT2D eigenvalue weighted by Gasteiger charge is -2.40. The molecule has 7 atom stereocenters. The molecule has 0 aromatic heterocycles. The van der Waals surface area contributed by atoms with E-state index in [0.717, 1.165) is 64.8 Å². The monoisotopic (exact) mass is 717 g/mol. The highest BCUT2D eigenvalue weighted by molar-refractivity contribution is 5.76. The third kappa shape index (κ3) is 20.4. The van der Waals surface area contributed by atoms with Crippen LogP contribution in [0.4, 0.5) is 0 Å². The molecule has 2 aliphatic rings. The van der Waals surface area contributed by atoms with E-state index in [-0.39, 0.29) is 12.5 Å². The number of hydrogen-bond acceptors (Lipinski definition) is 10. The molecule has 296 valence electrons. The summed E-state index contributed by atoms with van der Waals surface area (Å²) in [5.74, 6) is -0.153. The number of amides is 1. The summed E-state index contributed by atoms with van der Waals surface area (Å²) in [7, 11) is 0. The lowest BCUT2D eigenvalue weighted by Crippen LogP contribution is -2.60. The predicted molar refractivity (Wildman–Crippen MR) is 197 cm³/mol. The Bertz CT molecular complexity index is 802. The largest absolute Gasteiger partial charge is 0.394 e. The van der Waals surface area contributed by atoms with Gasteiger partial charge in [0.05, 0.1) is 38.6 Å². The predicted octanol–water partition coefficient (Wildman–Crippen LogP) is 4.97. The molecule has 5 unspecified atom stereocenters. The fourth-order valence-corrected chi connectivity index (χ4v) is 7.01. The molecule has 0 saturated carbocycles. The van der Waals surface area contributed by atoms with Crippen LogP contribution in [-0.2, 0) is 19.0 Å². The highest BCUT2D eigenvalue weighted by atomic mass is 16.7. The normalized spacial score (nSPS) is 24.3. The zero-order chi connectivity index (χ0) is 36.2. The van der Waals surface area contributed by atoms with Crippen molar-refractivity contribution in [1.82, 2.24) is 10.2 Å². The van der Waals surface area contributed by atoms with Crippen molar-refractivity contribution < 1.29 is 44.5 Å². The van der Waals surface area contributed by atoms with E-state index in [1.54, 1.807) is 0 Å². The fourth-order valence-electron chi connectivity index (χ4n) is 7.01. The van der Waals surface area contributed by atoms with Gasteiger partial charge in [-0.2, -0.15) is 0 Å². The smallest absolute Gasteiger partial charge is 0.220 e. The summed E-state index contributed by atoms with van der Waals surface area (Å²) in [6.07, 6.45) is 18.1. The number of hydrogen-bond donors (Lipinski definition) is 6. The van der Waals surface area contributed by atoms with E-state index in [4.69, 9.17) is 14.2 Å². The lowest BCUT2D eigenvalue weighted by molar-refractivity contribution is -0.302. The first-order valence-corrected chi connectivity index (χ1v) is 20.6. The van der Waals surface area contributed by atoms with Crippen molar-refractivity contribution >= 4 is 5.91 Å². The summed E-state index contributed by atoms with van der Waals surface area (Å²) in [5, 5.41) is 54.2. The Morgan fingerprint density at radius 3 is 1.82 bits per heavy atom. The van der Waals surface area contributed by atoms with Gasteiger partial charge in [0, 0.05) is 19.5 Å². The van der Waals surface area contributed by atoms with Crippen LogP contribution in [0.3, 0.4) is 0 Å². The third-order valence-corrected chi connectivity index (χ3v) is 10.4. The molecule has 0 spiro atoms. The van der Waals surface area contributed by atoms with Gasteiger partial charge in [-0.05, 0) is 25.8 Å². The maximum atomic E-state index is 12.9. The van der Waals surface area contributed by atoms with Crippen molar-refractivity contribution in [3.63, 3.8) is 0 Å². The standard InChI is InChI=1S/C39H76N2O9/c1-2-3-4-5-6-7-8-9-10-11-14-17-20-23-33(43)32(31-49-39-38(47)37(46)36(45)34(30-42)50-39)40-35(44)24-21-18-15-12-13-16-19-22-25-41-26-28-48-29-27-41/h32-34,36-39,42-43,45-47H,2-31H2,1H3,(H,40,44)/t32-,33+,34?,36?,37?,38?,39?/m0/s1. The summed E-state index contributed by atoms with van der Waals surface area (Å²) in [4.78, 5) is 15.4. The van der Waals surface area contributed by atoms with E-state index in [1.165, 1.54) is 103 Å². The number of nitrogens with zero attached hydrogens (tertiary/aromatic N) is 1. The molecule has 6 N–H and O–H groups in total. The maximum absolute atomic E-state index is 12.9. The Morgan fingerprint density at radius 1 is 0.740 bits per heavy atom. The molecule has 0 radical (unpaired) electrons. The number of morpholine rings is 1. The Labute approximate surface area is 303 Å². The van der Waals surface area contributed by atoms with Crippen LogP contribution in [0.25, 0.3) is 0 Å². The van der Waals surface area contributed by atoms with Gasteiger partial charge in [0.25, 0.3) is 0 Å².